The molecular weight excluding hydrogens is 1730 g/mol. The molecule has 19 rings (SSSR count). The first-order chi connectivity index (χ1) is 59.4. The standard InChI is InChI=1S/C96H102N8O8P6S4.2B/c1-7-9-11-13-15-21-31-77-41-53-83(54-42-77)105-115(119)101(3)97-73-79-45-57-85(58-46-79)107-117(121,111-89-65-69-95(70-66-89)113(91-33-23-17-24-34-91)92-35-25-18-26-36-92)109-87-61-49-81(50-62-87)75-99-103(5)116(120,106-84-55-43-78(44-56-84)32-22-16-14-12-10-8-2)104(6)100-76-82-51-63-88(64-52-82)110-118(122,108-86-59-47-80(48-60-86)74-98-102(115)4)112-90-67-71-96(72-68-90)114(93-37-27-19-28-38-93)94-39-29-20-30-40-94;;/h17-20,23-30,33-76H,7-16,21-22,31-32H2,1-6H3;;/b97-73+,98-74+,99-75+,100-76+;;. The minimum absolute atomic E-state index is 0. The third-order valence-electron chi connectivity index (χ3n) is 20.0. The summed E-state index contributed by atoms with van der Waals surface area (Å²) in [6, 6.07) is 104. The van der Waals surface area contributed by atoms with Gasteiger partial charge in [-0.1, -0.05) is 248 Å². The van der Waals surface area contributed by atoms with Gasteiger partial charge >= 0.3 is 26.6 Å². The van der Waals surface area contributed by atoms with Crippen LogP contribution in [0.25, 0.3) is 0 Å². The highest BCUT2D eigenvalue weighted by atomic mass is 32.5. The fourth-order valence-corrected chi connectivity index (χ4v) is 25.6. The van der Waals surface area contributed by atoms with Gasteiger partial charge in [-0.25, -0.2) is 19.1 Å². The summed E-state index contributed by atoms with van der Waals surface area (Å²) >= 11 is 26.0. The number of rotatable bonds is 28. The summed E-state index contributed by atoms with van der Waals surface area (Å²) in [7, 11) is 5.40. The van der Waals surface area contributed by atoms with Gasteiger partial charge in [-0.2, -0.15) is 20.4 Å². The molecule has 0 aliphatic carbocycles. The molecule has 7 aliphatic rings. The molecule has 0 fully saturated rings. The van der Waals surface area contributed by atoms with E-state index < -0.39 is 42.4 Å². The highest BCUT2D eigenvalue weighted by molar-refractivity contribution is 8.10. The molecule has 12 aromatic carbocycles. The minimum atomic E-state index is -3.75. The smallest absolute Gasteiger partial charge is 0.432 e. The van der Waals surface area contributed by atoms with Gasteiger partial charge in [-0.05, 0) is 276 Å². The Kier molecular flexibility index (Phi) is 36.2. The maximum Gasteiger partial charge on any atom is 0.490 e. The maximum absolute atomic E-state index is 6.90. The van der Waals surface area contributed by atoms with Crippen molar-refractivity contribution in [2.45, 2.75) is 104 Å². The van der Waals surface area contributed by atoms with E-state index in [1.165, 1.54) is 96.6 Å². The predicted octanol–water partition coefficient (Wildman–Crippen LogP) is 23.2. The van der Waals surface area contributed by atoms with Crippen molar-refractivity contribution < 1.29 is 36.2 Å². The molecule has 0 atom stereocenters. The zero-order chi connectivity index (χ0) is 85.0. The van der Waals surface area contributed by atoms with Gasteiger partial charge < -0.3 is 36.2 Å². The summed E-state index contributed by atoms with van der Waals surface area (Å²) < 4.78 is 61.0. The Balaban J connectivity index is 0.00000748. The number of hydrogen-bond acceptors (Lipinski definition) is 16. The molecule has 12 aromatic rings. The second-order valence-electron chi connectivity index (χ2n) is 29.1. The molecule has 6 radical (unpaired) electrons. The van der Waals surface area contributed by atoms with Gasteiger partial charge in [0.25, 0.3) is 0 Å². The summed E-state index contributed by atoms with van der Waals surface area (Å²) in [4.78, 5) is 0. The first-order valence-electron chi connectivity index (χ1n) is 41.1. The monoisotopic (exact) mass is 1830 g/mol. The zero-order valence-corrected chi connectivity index (χ0v) is 79.2. The summed E-state index contributed by atoms with van der Waals surface area (Å²) in [6.07, 6.45) is 23.4. The molecule has 7 heterocycles. The van der Waals surface area contributed by atoms with Crippen LogP contribution < -0.4 is 68.0 Å². The molecular formula is C96H102B2N8O8P6S4. The average molecular weight is 1830 g/mol. The summed E-state index contributed by atoms with van der Waals surface area (Å²) in [5, 5.41) is 27.0. The van der Waals surface area contributed by atoms with E-state index in [-0.39, 0.29) is 16.8 Å². The largest absolute Gasteiger partial charge is 0.490 e. The summed E-state index contributed by atoms with van der Waals surface area (Å²) in [6.45, 7) is -9.68. The Bertz CT molecular complexity index is 5060. The van der Waals surface area contributed by atoms with Crippen molar-refractivity contribution in [3.63, 3.8) is 0 Å². The fourth-order valence-electron chi connectivity index (χ4n) is 13.3. The lowest BCUT2D eigenvalue weighted by atomic mass is 10.1. The van der Waals surface area contributed by atoms with Gasteiger partial charge in [-0.15, -0.1) is 0 Å². The van der Waals surface area contributed by atoms with Gasteiger partial charge in [0.05, 0.1) is 24.9 Å². The van der Waals surface area contributed by atoms with Gasteiger partial charge in [0, 0.05) is 68.6 Å². The minimum Gasteiger partial charge on any atom is -0.432 e. The lowest BCUT2D eigenvalue weighted by Crippen LogP contribution is -2.24. The highest BCUT2D eigenvalue weighted by Crippen LogP contribution is 2.56. The van der Waals surface area contributed by atoms with E-state index in [1.54, 1.807) is 72.2 Å². The molecule has 634 valence electrons. The van der Waals surface area contributed by atoms with E-state index >= 15 is 0 Å². The van der Waals surface area contributed by atoms with E-state index in [9.17, 15) is 0 Å². The Morgan fingerprint density at radius 2 is 0.484 bits per heavy atom. The Labute approximate surface area is 759 Å². The van der Waals surface area contributed by atoms with E-state index in [4.69, 9.17) is 104 Å². The molecule has 0 spiro atoms. The molecule has 0 N–H and O–H groups in total. The van der Waals surface area contributed by atoms with Gasteiger partial charge in [-0.3, -0.25) is 0 Å². The molecule has 0 aromatic heterocycles. The lowest BCUT2D eigenvalue weighted by molar-refractivity contribution is 0.383. The van der Waals surface area contributed by atoms with Crippen LogP contribution in [-0.4, -0.2) is 89.0 Å². The number of aryl methyl sites for hydroxylation is 2. The molecule has 7 aliphatic heterocycles. The highest BCUT2D eigenvalue weighted by Gasteiger charge is 2.34. The van der Waals surface area contributed by atoms with Crippen LogP contribution in [0.2, 0.25) is 0 Å². The number of hydrogen-bond donors (Lipinski definition) is 0. The van der Waals surface area contributed by atoms with Crippen LogP contribution >= 0.6 is 42.4 Å². The van der Waals surface area contributed by atoms with Gasteiger partial charge in [0.1, 0.15) is 46.0 Å². The number of benzene rings is 12. The predicted molar refractivity (Wildman–Crippen MR) is 538 cm³/mol. The van der Waals surface area contributed by atoms with E-state index in [0.717, 1.165) is 58.5 Å². The van der Waals surface area contributed by atoms with Crippen LogP contribution in [0.1, 0.15) is 124 Å². The number of hydrazone groups is 4. The number of nitrogens with zero attached hydrogens (tertiary/aromatic N) is 8. The van der Waals surface area contributed by atoms with Crippen molar-refractivity contribution in [1.29, 1.82) is 0 Å². The maximum atomic E-state index is 6.90. The molecule has 28 heteroatoms. The van der Waals surface area contributed by atoms with Crippen molar-refractivity contribution in [1.82, 2.24) is 19.1 Å². The van der Waals surface area contributed by atoms with E-state index in [1.807, 2.05) is 170 Å². The van der Waals surface area contributed by atoms with Crippen molar-refractivity contribution >= 4 is 163 Å². The van der Waals surface area contributed by atoms with Crippen LogP contribution in [0, 0.1) is 0 Å². The first kappa shape index (κ1) is 95.2. The van der Waals surface area contributed by atoms with Crippen molar-refractivity contribution in [3.8, 4) is 46.0 Å². The molecule has 0 saturated heterocycles. The quantitative estimate of drug-likeness (QED) is 0.0261. The second kappa shape index (κ2) is 47.2. The third kappa shape index (κ3) is 27.3. The van der Waals surface area contributed by atoms with Crippen LogP contribution in [-0.2, 0) is 60.1 Å². The molecule has 0 unspecified atom stereocenters. The Hall–Kier alpha value is -9.49. The van der Waals surface area contributed by atoms with Crippen molar-refractivity contribution in [2.75, 3.05) is 28.2 Å². The third-order valence-corrected chi connectivity index (χ3v) is 36.3. The van der Waals surface area contributed by atoms with Crippen LogP contribution in [0.15, 0.2) is 336 Å². The summed E-state index contributed by atoms with van der Waals surface area (Å²) in [5.41, 5.74) is 5.37. The van der Waals surface area contributed by atoms with Crippen LogP contribution in [0.3, 0.4) is 0 Å². The van der Waals surface area contributed by atoms with Crippen LogP contribution in [0.5, 0.6) is 46.0 Å². The molecule has 124 heavy (non-hydrogen) atoms. The lowest BCUT2D eigenvalue weighted by Gasteiger charge is -2.34. The molecule has 0 saturated carbocycles. The summed E-state index contributed by atoms with van der Waals surface area (Å²) in [5.74, 6) is 3.75. The Morgan fingerprint density at radius 1 is 0.266 bits per heavy atom. The Morgan fingerprint density at radius 3 is 0.734 bits per heavy atom. The average Bonchev–Trinajstić information content (AvgIpc) is 0.813. The molecule has 0 amide bonds. The van der Waals surface area contributed by atoms with Gasteiger partial charge in [0.2, 0.25) is 0 Å². The first-order valence-corrected chi connectivity index (χ1v) is 54.1. The SMILES string of the molecule is CCCCCCCCc1ccc(OP2(=S)N(C)/N=C/c3ccc(cc3)OP(=S)(Oc3ccc(P(c4ccccc4)c4ccccc4)cc3)Oc3ccc(cc3)/C=N/N(C)P(=S)(Oc3ccc(CCCCCCCC)cc3)N(C)/N=C/c3ccc(cc3)OP(=S)(Oc3ccc(P(c4ccccc4)c4ccccc4)cc3)Oc3ccc(cc3)/C=N/N2C)cc1.[B].[B]. The second-order valence-corrected chi connectivity index (χ2v) is 46.6. The van der Waals surface area contributed by atoms with E-state index in [0.29, 0.717) is 46.0 Å². The van der Waals surface area contributed by atoms with E-state index in [2.05, 4.69) is 159 Å². The molecule has 16 nitrogen and oxygen atoms in total. The normalized spacial score (nSPS) is 18.5. The molecule has 8 bridgehead atoms. The van der Waals surface area contributed by atoms with Crippen LogP contribution in [0.4, 0.5) is 0 Å². The fraction of sp³-hybridized carbons (Fsp3) is 0.208. The van der Waals surface area contributed by atoms with Gasteiger partial charge in [0.15, 0.2) is 0 Å². The van der Waals surface area contributed by atoms with Crippen molar-refractivity contribution in [2.24, 2.45) is 20.4 Å². The zero-order valence-electron chi connectivity index (χ0n) is 70.5. The van der Waals surface area contributed by atoms with Crippen molar-refractivity contribution in [3.05, 3.63) is 349 Å². The number of unbranched alkanes of at least 4 members (excludes halogenated alkanes) is 10. The topological polar surface area (TPSA) is 136 Å².